The third-order valence-electron chi connectivity index (χ3n) is 4.04. The second-order valence-electron chi connectivity index (χ2n) is 5.89. The van der Waals surface area contributed by atoms with Gasteiger partial charge in [-0.05, 0) is 36.4 Å². The first-order valence-corrected chi connectivity index (χ1v) is 8.50. The van der Waals surface area contributed by atoms with Gasteiger partial charge >= 0.3 is 5.97 Å². The molecule has 0 amide bonds. The van der Waals surface area contributed by atoms with Crippen LogP contribution in [0, 0.1) is 0 Å². The molecule has 7 heteroatoms. The summed E-state index contributed by atoms with van der Waals surface area (Å²) in [6.07, 6.45) is 3.04. The highest BCUT2D eigenvalue weighted by Gasteiger charge is 2.13. The molecule has 140 valence electrons. The number of rotatable bonds is 6. The molecule has 0 aliphatic rings. The van der Waals surface area contributed by atoms with Crippen LogP contribution in [0.25, 0.3) is 11.0 Å². The van der Waals surface area contributed by atoms with Crippen LogP contribution < -0.4 is 14.2 Å². The lowest BCUT2D eigenvalue weighted by molar-refractivity contribution is 0.0734. The van der Waals surface area contributed by atoms with E-state index in [1.807, 2.05) is 18.2 Å². The Morgan fingerprint density at radius 3 is 2.75 bits per heavy atom. The van der Waals surface area contributed by atoms with Gasteiger partial charge in [0.2, 0.25) is 0 Å². The molecule has 4 aromatic rings. The molecule has 0 aliphatic heterocycles. The van der Waals surface area contributed by atoms with E-state index in [0.717, 1.165) is 5.39 Å². The number of carbonyl (C=O) groups excluding carboxylic acids is 1. The van der Waals surface area contributed by atoms with Crippen LogP contribution in [0.4, 0.5) is 0 Å². The molecule has 28 heavy (non-hydrogen) atoms. The van der Waals surface area contributed by atoms with E-state index in [2.05, 4.69) is 10.1 Å². The van der Waals surface area contributed by atoms with Crippen molar-refractivity contribution >= 4 is 16.9 Å². The molecule has 0 N–H and O–H groups in total. The molecule has 0 saturated heterocycles. The van der Waals surface area contributed by atoms with Gasteiger partial charge in [0.15, 0.2) is 5.58 Å². The van der Waals surface area contributed by atoms with Crippen molar-refractivity contribution < 1.29 is 23.5 Å². The molecule has 2 aromatic heterocycles. The summed E-state index contributed by atoms with van der Waals surface area (Å²) in [5.41, 5.74) is 1.51. The van der Waals surface area contributed by atoms with E-state index < -0.39 is 5.97 Å². The molecule has 0 unspecified atom stereocenters. The van der Waals surface area contributed by atoms with Gasteiger partial charge < -0.3 is 18.7 Å². The van der Waals surface area contributed by atoms with Crippen LogP contribution in [0.3, 0.4) is 0 Å². The van der Waals surface area contributed by atoms with Crippen LogP contribution in [-0.4, -0.2) is 23.2 Å². The smallest absolute Gasteiger partial charge is 0.345 e. The van der Waals surface area contributed by atoms with Gasteiger partial charge in [0.05, 0.1) is 12.7 Å². The van der Waals surface area contributed by atoms with Crippen molar-refractivity contribution in [2.45, 2.75) is 6.61 Å². The number of nitrogens with zero attached hydrogens (tertiary/aromatic N) is 2. The largest absolute Gasteiger partial charge is 0.497 e. The summed E-state index contributed by atoms with van der Waals surface area (Å²) >= 11 is 0. The van der Waals surface area contributed by atoms with Gasteiger partial charge in [-0.25, -0.2) is 4.79 Å². The second kappa shape index (κ2) is 7.79. The van der Waals surface area contributed by atoms with Crippen LogP contribution in [0.1, 0.15) is 16.1 Å². The molecule has 0 radical (unpaired) electrons. The van der Waals surface area contributed by atoms with Gasteiger partial charge in [-0.15, -0.1) is 0 Å². The number of esters is 1. The van der Waals surface area contributed by atoms with Crippen molar-refractivity contribution in [2.24, 2.45) is 0 Å². The molecular formula is C21H16N2O5. The van der Waals surface area contributed by atoms with Crippen molar-refractivity contribution in [3.05, 3.63) is 78.2 Å². The fourth-order valence-corrected chi connectivity index (χ4v) is 2.63. The lowest BCUT2D eigenvalue weighted by Crippen LogP contribution is -2.08. The zero-order chi connectivity index (χ0) is 19.3. The predicted octanol–water partition coefficient (Wildman–Crippen LogP) is 4.03. The van der Waals surface area contributed by atoms with Crippen molar-refractivity contribution in [3.63, 3.8) is 0 Å². The van der Waals surface area contributed by atoms with E-state index in [1.165, 1.54) is 6.20 Å². The molecule has 2 heterocycles. The minimum absolute atomic E-state index is 0.231. The van der Waals surface area contributed by atoms with E-state index in [0.29, 0.717) is 34.1 Å². The molecule has 0 fully saturated rings. The van der Waals surface area contributed by atoms with E-state index in [-0.39, 0.29) is 6.61 Å². The lowest BCUT2D eigenvalue weighted by Gasteiger charge is -2.06. The monoisotopic (exact) mass is 376 g/mol. The maximum Gasteiger partial charge on any atom is 0.345 e. The van der Waals surface area contributed by atoms with Crippen molar-refractivity contribution in [1.29, 1.82) is 0 Å². The molecule has 2 aromatic carbocycles. The quantitative estimate of drug-likeness (QED) is 0.371. The molecule has 7 nitrogen and oxygen atoms in total. The zero-order valence-corrected chi connectivity index (χ0v) is 15.0. The predicted molar refractivity (Wildman–Crippen MR) is 101 cm³/mol. The SMILES string of the molecule is COc1cccc(OCc2noc3cc(OC(=O)c4cccnc4)ccc23)c1. The number of methoxy groups -OCH3 is 1. The van der Waals surface area contributed by atoms with Crippen molar-refractivity contribution in [3.8, 4) is 17.2 Å². The Kier molecular flexibility index (Phi) is 4.88. The van der Waals surface area contributed by atoms with Crippen molar-refractivity contribution in [1.82, 2.24) is 10.1 Å². The summed E-state index contributed by atoms with van der Waals surface area (Å²) < 4.78 is 21.7. The molecule has 0 bridgehead atoms. The third kappa shape index (κ3) is 3.78. The van der Waals surface area contributed by atoms with Crippen LogP contribution in [0.5, 0.6) is 17.2 Å². The summed E-state index contributed by atoms with van der Waals surface area (Å²) in [4.78, 5) is 16.0. The molecule has 0 saturated carbocycles. The van der Waals surface area contributed by atoms with Crippen LogP contribution >= 0.6 is 0 Å². The molecule has 0 spiro atoms. The Labute approximate surface area is 160 Å². The lowest BCUT2D eigenvalue weighted by atomic mass is 10.2. The number of benzene rings is 2. The van der Waals surface area contributed by atoms with E-state index in [9.17, 15) is 4.79 Å². The van der Waals surface area contributed by atoms with Gasteiger partial charge in [0.1, 0.15) is 29.5 Å². The minimum Gasteiger partial charge on any atom is -0.497 e. The van der Waals surface area contributed by atoms with Crippen LogP contribution in [0.15, 0.2) is 71.5 Å². The van der Waals surface area contributed by atoms with Gasteiger partial charge in [0.25, 0.3) is 0 Å². The Bertz CT molecular complexity index is 1110. The topological polar surface area (TPSA) is 83.7 Å². The van der Waals surface area contributed by atoms with Crippen molar-refractivity contribution in [2.75, 3.05) is 7.11 Å². The van der Waals surface area contributed by atoms with E-state index in [1.54, 1.807) is 49.7 Å². The second-order valence-corrected chi connectivity index (χ2v) is 5.89. The maximum absolute atomic E-state index is 12.1. The zero-order valence-electron chi connectivity index (χ0n) is 15.0. The highest BCUT2D eigenvalue weighted by molar-refractivity contribution is 5.91. The normalized spacial score (nSPS) is 10.6. The fraction of sp³-hybridized carbons (Fsp3) is 0.0952. The van der Waals surface area contributed by atoms with Gasteiger partial charge in [-0.3, -0.25) is 4.98 Å². The first-order valence-electron chi connectivity index (χ1n) is 8.50. The Balaban J connectivity index is 1.47. The molecule has 0 atom stereocenters. The van der Waals surface area contributed by atoms with Gasteiger partial charge in [-0.2, -0.15) is 0 Å². The van der Waals surface area contributed by atoms with E-state index in [4.69, 9.17) is 18.7 Å². The molecule has 4 rings (SSSR count). The summed E-state index contributed by atoms with van der Waals surface area (Å²) in [7, 11) is 1.60. The van der Waals surface area contributed by atoms with Gasteiger partial charge in [0, 0.05) is 29.9 Å². The highest BCUT2D eigenvalue weighted by atomic mass is 16.5. The Morgan fingerprint density at radius 2 is 1.93 bits per heavy atom. The number of hydrogen-bond acceptors (Lipinski definition) is 7. The third-order valence-corrected chi connectivity index (χ3v) is 4.04. The Hall–Kier alpha value is -3.87. The Morgan fingerprint density at radius 1 is 1.04 bits per heavy atom. The standard InChI is InChI=1S/C21H16N2O5/c1-25-15-5-2-6-16(10-15)26-13-19-18-8-7-17(11-20(18)28-23-19)27-21(24)14-4-3-9-22-12-14/h2-12H,13H2,1H3. The number of carbonyl (C=O) groups is 1. The average Bonchev–Trinajstić information content (AvgIpc) is 3.15. The fourth-order valence-electron chi connectivity index (χ4n) is 2.63. The molecule has 0 aliphatic carbocycles. The summed E-state index contributed by atoms with van der Waals surface area (Å²) in [6.45, 7) is 0.231. The number of aromatic nitrogens is 2. The summed E-state index contributed by atoms with van der Waals surface area (Å²) in [6, 6.07) is 15.7. The highest BCUT2D eigenvalue weighted by Crippen LogP contribution is 2.26. The van der Waals surface area contributed by atoms with Gasteiger partial charge in [-0.1, -0.05) is 11.2 Å². The summed E-state index contributed by atoms with van der Waals surface area (Å²) in [5, 5.41) is 4.83. The first-order chi connectivity index (χ1) is 13.7. The van der Waals surface area contributed by atoms with Crippen LogP contribution in [-0.2, 0) is 6.61 Å². The molecular weight excluding hydrogens is 360 g/mol. The number of fused-ring (bicyclic) bond motifs is 1. The number of pyridine rings is 1. The minimum atomic E-state index is -0.492. The average molecular weight is 376 g/mol. The van der Waals surface area contributed by atoms with E-state index >= 15 is 0 Å². The summed E-state index contributed by atoms with van der Waals surface area (Å²) in [5.74, 6) is 1.24. The number of hydrogen-bond donors (Lipinski definition) is 0. The van der Waals surface area contributed by atoms with Crippen LogP contribution in [0.2, 0.25) is 0 Å². The first kappa shape index (κ1) is 17.5. The maximum atomic E-state index is 12.1. The number of ether oxygens (including phenoxy) is 3.